The van der Waals surface area contributed by atoms with Crippen LogP contribution in [0.4, 0.5) is 0 Å². The van der Waals surface area contributed by atoms with Crippen LogP contribution in [0.5, 0.6) is 5.75 Å². The molecule has 3 nitrogen and oxygen atoms in total. The summed E-state index contributed by atoms with van der Waals surface area (Å²) in [7, 11) is 0. The minimum Gasteiger partial charge on any atom is -0.507 e. The normalized spacial score (nSPS) is 14.1. The molecule has 5 heteroatoms. The van der Waals surface area contributed by atoms with Gasteiger partial charge >= 0.3 is 0 Å². The fraction of sp³-hybridized carbons (Fsp3) is 0.417. The number of phenolic OH excluding ortho intramolecular Hbond substituents is 1. The minimum atomic E-state index is -0.460. The number of carbonyl (C=O) groups excluding carboxylic acids is 1. The molecule has 2 N–H and O–H groups in total. The van der Waals surface area contributed by atoms with Crippen molar-refractivity contribution < 1.29 is 9.90 Å². The molecule has 1 atom stereocenters. The Morgan fingerprint density at radius 1 is 1.59 bits per heavy atom. The van der Waals surface area contributed by atoms with Crippen LogP contribution in [0, 0.1) is 0 Å². The molecule has 0 saturated carbocycles. The summed E-state index contributed by atoms with van der Waals surface area (Å²) < 4.78 is 0.724. The molecule has 0 fully saturated rings. The lowest BCUT2D eigenvalue weighted by Crippen LogP contribution is -2.47. The summed E-state index contributed by atoms with van der Waals surface area (Å²) in [4.78, 5) is 12.0. The van der Waals surface area contributed by atoms with E-state index in [1.165, 1.54) is 6.07 Å². The van der Waals surface area contributed by atoms with E-state index in [-0.39, 0.29) is 17.2 Å². The lowest BCUT2D eigenvalue weighted by Gasteiger charge is -2.27. The Balaban J connectivity index is 2.90. The number of nitrogens with one attached hydrogen (secondary N) is 1. The number of rotatable bonds is 4. The van der Waals surface area contributed by atoms with Gasteiger partial charge in [-0.15, -0.1) is 11.6 Å². The average Bonchev–Trinajstić information content (AvgIpc) is 2.28. The molecule has 1 aromatic rings. The number of carbonyl (C=O) groups is 1. The molecule has 94 valence electrons. The van der Waals surface area contributed by atoms with Crippen molar-refractivity contribution >= 4 is 33.4 Å². The van der Waals surface area contributed by atoms with Crippen LogP contribution in [0.25, 0.3) is 0 Å². The second-order valence-electron chi connectivity index (χ2n) is 4.16. The van der Waals surface area contributed by atoms with E-state index in [4.69, 9.17) is 11.6 Å². The Bertz CT molecular complexity index is 419. The standard InChI is InChI=1S/C12H15BrClNO2/c1-3-12(2,7-14)15-11(17)9-5-4-8(13)6-10(9)16/h4-6,16H,3,7H2,1-2H3,(H,15,17). The van der Waals surface area contributed by atoms with Gasteiger partial charge < -0.3 is 10.4 Å². The van der Waals surface area contributed by atoms with Crippen molar-refractivity contribution in [2.75, 3.05) is 5.88 Å². The summed E-state index contributed by atoms with van der Waals surface area (Å²) in [6.45, 7) is 3.82. The topological polar surface area (TPSA) is 49.3 Å². The zero-order chi connectivity index (χ0) is 13.1. The van der Waals surface area contributed by atoms with E-state index in [0.29, 0.717) is 5.88 Å². The Kier molecular flexibility index (Phi) is 4.83. The molecular weight excluding hydrogens is 305 g/mol. The summed E-state index contributed by atoms with van der Waals surface area (Å²) in [5, 5.41) is 12.5. The Hall–Kier alpha value is -0.740. The first kappa shape index (κ1) is 14.3. The molecular formula is C12H15BrClNO2. The molecule has 1 amide bonds. The maximum Gasteiger partial charge on any atom is 0.255 e. The first-order chi connectivity index (χ1) is 7.91. The maximum atomic E-state index is 12.0. The number of phenols is 1. The van der Waals surface area contributed by atoms with Gasteiger partial charge in [-0.1, -0.05) is 22.9 Å². The highest BCUT2D eigenvalue weighted by molar-refractivity contribution is 9.10. The molecule has 1 aromatic carbocycles. The van der Waals surface area contributed by atoms with Gasteiger partial charge in [-0.3, -0.25) is 4.79 Å². The van der Waals surface area contributed by atoms with Crippen molar-refractivity contribution in [2.24, 2.45) is 0 Å². The van der Waals surface area contributed by atoms with Crippen LogP contribution in [0.1, 0.15) is 30.6 Å². The second kappa shape index (κ2) is 5.74. The van der Waals surface area contributed by atoms with Crippen LogP contribution in [-0.2, 0) is 0 Å². The van der Waals surface area contributed by atoms with E-state index < -0.39 is 5.54 Å². The molecule has 0 heterocycles. The van der Waals surface area contributed by atoms with Crippen molar-refractivity contribution in [3.63, 3.8) is 0 Å². The van der Waals surface area contributed by atoms with Crippen molar-refractivity contribution in [1.82, 2.24) is 5.32 Å². The summed E-state index contributed by atoms with van der Waals surface area (Å²) in [5.41, 5.74) is -0.212. The predicted octanol–water partition coefficient (Wildman–Crippen LogP) is 3.29. The molecule has 17 heavy (non-hydrogen) atoms. The van der Waals surface area contributed by atoms with E-state index >= 15 is 0 Å². The van der Waals surface area contributed by atoms with Gasteiger partial charge in [0.05, 0.1) is 11.1 Å². The average molecular weight is 321 g/mol. The van der Waals surface area contributed by atoms with Crippen LogP contribution in [0.3, 0.4) is 0 Å². The van der Waals surface area contributed by atoms with Crippen molar-refractivity contribution in [1.29, 1.82) is 0 Å². The van der Waals surface area contributed by atoms with Gasteiger partial charge in [-0.05, 0) is 31.5 Å². The van der Waals surface area contributed by atoms with Crippen LogP contribution in [0.15, 0.2) is 22.7 Å². The van der Waals surface area contributed by atoms with Crippen LogP contribution >= 0.6 is 27.5 Å². The van der Waals surface area contributed by atoms with E-state index in [9.17, 15) is 9.90 Å². The highest BCUT2D eigenvalue weighted by atomic mass is 79.9. The first-order valence-electron chi connectivity index (χ1n) is 5.29. The molecule has 1 unspecified atom stereocenters. The smallest absolute Gasteiger partial charge is 0.255 e. The summed E-state index contributed by atoms with van der Waals surface area (Å²) in [5.74, 6) is -0.0445. The third kappa shape index (κ3) is 3.61. The van der Waals surface area contributed by atoms with Gasteiger partial charge in [0.2, 0.25) is 0 Å². The Morgan fingerprint density at radius 3 is 2.71 bits per heavy atom. The number of halogens is 2. The zero-order valence-electron chi connectivity index (χ0n) is 9.76. The van der Waals surface area contributed by atoms with Gasteiger partial charge in [0.25, 0.3) is 5.91 Å². The van der Waals surface area contributed by atoms with Gasteiger partial charge in [0.1, 0.15) is 5.75 Å². The zero-order valence-corrected chi connectivity index (χ0v) is 12.1. The summed E-state index contributed by atoms with van der Waals surface area (Å²) >= 11 is 9.04. The van der Waals surface area contributed by atoms with E-state index in [0.717, 1.165) is 10.9 Å². The number of hydrogen-bond acceptors (Lipinski definition) is 2. The molecule has 0 radical (unpaired) electrons. The second-order valence-corrected chi connectivity index (χ2v) is 5.35. The fourth-order valence-corrected chi connectivity index (χ4v) is 1.86. The van der Waals surface area contributed by atoms with E-state index in [1.807, 2.05) is 13.8 Å². The van der Waals surface area contributed by atoms with Crippen LogP contribution in [-0.4, -0.2) is 22.4 Å². The predicted molar refractivity (Wildman–Crippen MR) is 72.7 cm³/mol. The van der Waals surface area contributed by atoms with Crippen LogP contribution in [0.2, 0.25) is 0 Å². The molecule has 0 spiro atoms. The third-order valence-electron chi connectivity index (χ3n) is 2.69. The summed E-state index contributed by atoms with van der Waals surface area (Å²) in [6.07, 6.45) is 0.722. The monoisotopic (exact) mass is 319 g/mol. The molecule has 0 aliphatic rings. The SMILES string of the molecule is CCC(C)(CCl)NC(=O)c1ccc(Br)cc1O. The van der Waals surface area contributed by atoms with E-state index in [1.54, 1.807) is 12.1 Å². The lowest BCUT2D eigenvalue weighted by atomic mass is 10.0. The highest BCUT2D eigenvalue weighted by Gasteiger charge is 2.24. The molecule has 0 aromatic heterocycles. The maximum absolute atomic E-state index is 12.0. The van der Waals surface area contributed by atoms with Gasteiger partial charge in [-0.2, -0.15) is 0 Å². The molecule has 0 aliphatic carbocycles. The van der Waals surface area contributed by atoms with Gasteiger partial charge in [0, 0.05) is 10.4 Å². The van der Waals surface area contributed by atoms with Crippen LogP contribution < -0.4 is 5.32 Å². The number of aromatic hydroxyl groups is 1. The van der Waals surface area contributed by atoms with Crippen molar-refractivity contribution in [3.8, 4) is 5.75 Å². The van der Waals surface area contributed by atoms with Crippen molar-refractivity contribution in [2.45, 2.75) is 25.8 Å². The first-order valence-corrected chi connectivity index (χ1v) is 6.61. The van der Waals surface area contributed by atoms with Gasteiger partial charge in [0.15, 0.2) is 0 Å². The fourth-order valence-electron chi connectivity index (χ4n) is 1.25. The molecule has 1 rings (SSSR count). The minimum absolute atomic E-state index is 0.0510. The van der Waals surface area contributed by atoms with Gasteiger partial charge in [-0.25, -0.2) is 0 Å². The third-order valence-corrected chi connectivity index (χ3v) is 3.78. The number of alkyl halides is 1. The van der Waals surface area contributed by atoms with E-state index in [2.05, 4.69) is 21.2 Å². The van der Waals surface area contributed by atoms with Crippen molar-refractivity contribution in [3.05, 3.63) is 28.2 Å². The summed E-state index contributed by atoms with van der Waals surface area (Å²) in [6, 6.07) is 4.76. The number of hydrogen-bond donors (Lipinski definition) is 2. The molecule has 0 saturated heterocycles. The molecule has 0 aliphatic heterocycles. The Morgan fingerprint density at radius 2 is 2.24 bits per heavy atom. The number of amides is 1. The molecule has 0 bridgehead atoms. The lowest BCUT2D eigenvalue weighted by molar-refractivity contribution is 0.0909. The largest absolute Gasteiger partial charge is 0.507 e. The number of benzene rings is 1. The quantitative estimate of drug-likeness (QED) is 0.836. The Labute approximate surface area is 114 Å². The highest BCUT2D eigenvalue weighted by Crippen LogP contribution is 2.23.